The average molecular weight is 302 g/mol. The molecule has 2 rings (SSSR count). The normalized spacial score (nSPS) is 13.4. The van der Waals surface area contributed by atoms with Crippen molar-refractivity contribution in [2.75, 3.05) is 0 Å². The maximum absolute atomic E-state index is 12.0. The van der Waals surface area contributed by atoms with E-state index in [1.165, 1.54) is 11.3 Å². The van der Waals surface area contributed by atoms with E-state index in [1.807, 2.05) is 18.2 Å². The zero-order valence-corrected chi connectivity index (χ0v) is 12.0. The lowest BCUT2D eigenvalue weighted by Crippen LogP contribution is -2.26. The zero-order chi connectivity index (χ0) is 13.2. The summed E-state index contributed by atoms with van der Waals surface area (Å²) in [6.07, 6.45) is 0. The lowest BCUT2D eigenvalue weighted by atomic mass is 10.1. The van der Waals surface area contributed by atoms with Gasteiger partial charge in [-0.1, -0.05) is 35.9 Å². The maximum atomic E-state index is 12.0. The van der Waals surface area contributed by atoms with Crippen LogP contribution in [0.2, 0.25) is 5.02 Å². The second-order valence-corrected chi connectivity index (χ2v) is 7.09. The Hall–Kier alpha value is -0.880. The van der Waals surface area contributed by atoms with Crippen molar-refractivity contribution < 1.29 is 8.42 Å². The molecule has 3 nitrogen and oxygen atoms in total. The zero-order valence-electron chi connectivity index (χ0n) is 9.63. The maximum Gasteiger partial charge on any atom is 0.250 e. The van der Waals surface area contributed by atoms with E-state index in [2.05, 4.69) is 4.72 Å². The van der Waals surface area contributed by atoms with Gasteiger partial charge in [-0.15, -0.1) is 11.3 Å². The highest BCUT2D eigenvalue weighted by atomic mass is 35.5. The van der Waals surface area contributed by atoms with Crippen LogP contribution in [0.25, 0.3) is 0 Å². The van der Waals surface area contributed by atoms with Gasteiger partial charge in [0.25, 0.3) is 10.0 Å². The van der Waals surface area contributed by atoms with Crippen LogP contribution in [-0.2, 0) is 10.0 Å². The molecular formula is C12H12ClNO2S2. The van der Waals surface area contributed by atoms with E-state index in [9.17, 15) is 8.42 Å². The van der Waals surface area contributed by atoms with E-state index in [-0.39, 0.29) is 6.04 Å². The SMILES string of the molecule is C[C@H](NS(=O)(=O)c1cccs1)c1ccccc1Cl. The van der Waals surface area contributed by atoms with Crippen LogP contribution in [-0.4, -0.2) is 8.42 Å². The van der Waals surface area contributed by atoms with Gasteiger partial charge in [-0.3, -0.25) is 0 Å². The fraction of sp³-hybridized carbons (Fsp3) is 0.167. The molecule has 96 valence electrons. The van der Waals surface area contributed by atoms with Crippen LogP contribution in [0.3, 0.4) is 0 Å². The summed E-state index contributed by atoms with van der Waals surface area (Å²) in [5.74, 6) is 0. The number of thiophene rings is 1. The van der Waals surface area contributed by atoms with E-state index in [1.54, 1.807) is 30.5 Å². The molecule has 2 aromatic rings. The summed E-state index contributed by atoms with van der Waals surface area (Å²) < 4.78 is 27.0. The third-order valence-corrected chi connectivity index (χ3v) is 5.75. The summed E-state index contributed by atoms with van der Waals surface area (Å²) >= 11 is 7.23. The molecule has 0 radical (unpaired) electrons. The molecule has 1 N–H and O–H groups in total. The lowest BCUT2D eigenvalue weighted by molar-refractivity contribution is 0.569. The number of hydrogen-bond acceptors (Lipinski definition) is 3. The summed E-state index contributed by atoms with van der Waals surface area (Å²) in [5, 5.41) is 2.29. The number of halogens is 1. The fourth-order valence-corrected chi connectivity index (χ4v) is 4.13. The summed E-state index contributed by atoms with van der Waals surface area (Å²) in [5.41, 5.74) is 0.763. The van der Waals surface area contributed by atoms with Crippen LogP contribution in [0, 0.1) is 0 Å². The molecule has 0 spiro atoms. The molecule has 1 heterocycles. The second-order valence-electron chi connectivity index (χ2n) is 3.80. The molecule has 18 heavy (non-hydrogen) atoms. The monoisotopic (exact) mass is 301 g/mol. The number of nitrogens with one attached hydrogen (secondary N) is 1. The van der Waals surface area contributed by atoms with Gasteiger partial charge in [0, 0.05) is 11.1 Å². The number of sulfonamides is 1. The highest BCUT2D eigenvalue weighted by Gasteiger charge is 2.20. The minimum Gasteiger partial charge on any atom is -0.206 e. The Labute approximate surface area is 115 Å². The van der Waals surface area contributed by atoms with Crippen LogP contribution >= 0.6 is 22.9 Å². The average Bonchev–Trinajstić information content (AvgIpc) is 2.82. The van der Waals surface area contributed by atoms with Crippen LogP contribution in [0.5, 0.6) is 0 Å². The Balaban J connectivity index is 2.23. The first kappa shape index (κ1) is 13.5. The third-order valence-electron chi connectivity index (χ3n) is 2.46. The molecule has 0 fully saturated rings. The van der Waals surface area contributed by atoms with Gasteiger partial charge in [-0.2, -0.15) is 0 Å². The quantitative estimate of drug-likeness (QED) is 0.940. The summed E-state index contributed by atoms with van der Waals surface area (Å²) in [6, 6.07) is 10.1. The van der Waals surface area contributed by atoms with Crippen LogP contribution in [0.4, 0.5) is 0 Å². The van der Waals surface area contributed by atoms with Gasteiger partial charge < -0.3 is 0 Å². The predicted molar refractivity (Wildman–Crippen MR) is 74.5 cm³/mol. The van der Waals surface area contributed by atoms with Gasteiger partial charge in [0.15, 0.2) is 0 Å². The molecular weight excluding hydrogens is 290 g/mol. The number of benzene rings is 1. The first-order chi connectivity index (χ1) is 8.50. The molecule has 0 aliphatic carbocycles. The highest BCUT2D eigenvalue weighted by molar-refractivity contribution is 7.91. The van der Waals surface area contributed by atoms with Crippen molar-refractivity contribution in [1.29, 1.82) is 0 Å². The van der Waals surface area contributed by atoms with Crippen molar-refractivity contribution in [3.8, 4) is 0 Å². The van der Waals surface area contributed by atoms with Gasteiger partial charge in [-0.05, 0) is 30.0 Å². The van der Waals surface area contributed by atoms with E-state index < -0.39 is 10.0 Å². The van der Waals surface area contributed by atoms with E-state index in [4.69, 9.17) is 11.6 Å². The van der Waals surface area contributed by atoms with Gasteiger partial charge in [-0.25, -0.2) is 13.1 Å². The second kappa shape index (κ2) is 5.40. The Kier molecular flexibility index (Phi) is 4.07. The van der Waals surface area contributed by atoms with Crippen molar-refractivity contribution >= 4 is 33.0 Å². The Morgan fingerprint density at radius 3 is 2.56 bits per heavy atom. The summed E-state index contributed by atoms with van der Waals surface area (Å²) in [4.78, 5) is 0. The molecule has 0 aliphatic heterocycles. The van der Waals surface area contributed by atoms with Crippen molar-refractivity contribution in [2.45, 2.75) is 17.2 Å². The lowest BCUT2D eigenvalue weighted by Gasteiger charge is -2.15. The van der Waals surface area contributed by atoms with Gasteiger partial charge in [0.05, 0.1) is 0 Å². The summed E-state index contributed by atoms with van der Waals surface area (Å²) in [7, 11) is -3.47. The Morgan fingerprint density at radius 1 is 1.22 bits per heavy atom. The van der Waals surface area contributed by atoms with Crippen LogP contribution in [0.1, 0.15) is 18.5 Å². The fourth-order valence-electron chi connectivity index (χ4n) is 1.60. The first-order valence-corrected chi connectivity index (χ1v) is 8.05. The minimum absolute atomic E-state index is 0.307. The van der Waals surface area contributed by atoms with Gasteiger partial charge >= 0.3 is 0 Å². The standard InChI is InChI=1S/C12H12ClNO2S2/c1-9(10-5-2-3-6-11(10)13)14-18(15,16)12-7-4-8-17-12/h2-9,14H,1H3/t9-/m0/s1. The smallest absolute Gasteiger partial charge is 0.206 e. The molecule has 1 atom stereocenters. The van der Waals surface area contributed by atoms with E-state index in [0.29, 0.717) is 9.23 Å². The molecule has 6 heteroatoms. The van der Waals surface area contributed by atoms with Crippen LogP contribution in [0.15, 0.2) is 46.0 Å². The van der Waals surface area contributed by atoms with E-state index >= 15 is 0 Å². The highest BCUT2D eigenvalue weighted by Crippen LogP contribution is 2.25. The molecule has 1 aromatic carbocycles. The minimum atomic E-state index is -3.47. The third kappa shape index (κ3) is 2.92. The topological polar surface area (TPSA) is 46.2 Å². The molecule has 0 saturated heterocycles. The van der Waals surface area contributed by atoms with Crippen molar-refractivity contribution in [3.05, 3.63) is 52.4 Å². The molecule has 0 unspecified atom stereocenters. The van der Waals surface area contributed by atoms with Gasteiger partial charge in [0.1, 0.15) is 4.21 Å². The molecule has 0 bridgehead atoms. The number of rotatable bonds is 4. The van der Waals surface area contributed by atoms with Crippen molar-refractivity contribution in [1.82, 2.24) is 4.72 Å². The Bertz CT molecular complexity index is 623. The first-order valence-electron chi connectivity index (χ1n) is 5.31. The molecule has 0 saturated carbocycles. The van der Waals surface area contributed by atoms with Crippen molar-refractivity contribution in [3.63, 3.8) is 0 Å². The van der Waals surface area contributed by atoms with Crippen LogP contribution < -0.4 is 4.72 Å². The predicted octanol–water partition coefficient (Wildman–Crippen LogP) is 3.44. The number of hydrogen-bond donors (Lipinski definition) is 1. The molecule has 1 aromatic heterocycles. The largest absolute Gasteiger partial charge is 0.250 e. The van der Waals surface area contributed by atoms with E-state index in [0.717, 1.165) is 5.56 Å². The summed E-state index contributed by atoms with van der Waals surface area (Å²) in [6.45, 7) is 1.77. The molecule has 0 aliphatic rings. The van der Waals surface area contributed by atoms with Gasteiger partial charge in [0.2, 0.25) is 0 Å². The van der Waals surface area contributed by atoms with Crippen molar-refractivity contribution in [2.24, 2.45) is 0 Å². The Morgan fingerprint density at radius 2 is 1.94 bits per heavy atom. The molecule has 0 amide bonds.